The second-order valence-electron chi connectivity index (χ2n) is 11.4. The van der Waals surface area contributed by atoms with Crippen molar-refractivity contribution in [1.29, 1.82) is 0 Å². The van der Waals surface area contributed by atoms with E-state index in [1.54, 1.807) is 11.8 Å². The number of methoxy groups -OCH3 is 1. The van der Waals surface area contributed by atoms with E-state index in [-0.39, 0.29) is 23.3 Å². The van der Waals surface area contributed by atoms with Crippen LogP contribution < -0.4 is 10.2 Å². The van der Waals surface area contributed by atoms with Crippen molar-refractivity contribution in [2.45, 2.75) is 53.1 Å². The van der Waals surface area contributed by atoms with E-state index >= 15 is 0 Å². The number of carbonyl (C=O) groups excluding carboxylic acids is 2. The topological polar surface area (TPSA) is 71.1 Å². The highest BCUT2D eigenvalue weighted by Crippen LogP contribution is 2.45. The molecule has 4 rings (SSSR count). The average molecular weight is 508 g/mol. The second kappa shape index (κ2) is 11.1. The first-order valence-electron chi connectivity index (χ1n) is 13.3. The fraction of sp³-hybridized carbons (Fsp3) is 0.533. The number of nitrogens with zero attached hydrogens (tertiary/aromatic N) is 2. The summed E-state index contributed by atoms with van der Waals surface area (Å²) in [6, 6.07) is 14.2. The molecule has 7 nitrogen and oxygen atoms in total. The molecule has 0 saturated carbocycles. The van der Waals surface area contributed by atoms with E-state index in [9.17, 15) is 9.59 Å². The van der Waals surface area contributed by atoms with Gasteiger partial charge in [-0.05, 0) is 66.1 Å². The van der Waals surface area contributed by atoms with Gasteiger partial charge in [0.05, 0.1) is 26.4 Å². The zero-order valence-electron chi connectivity index (χ0n) is 23.0. The van der Waals surface area contributed by atoms with Gasteiger partial charge in [-0.15, -0.1) is 0 Å². The maximum Gasteiger partial charge on any atom is 0.328 e. The minimum absolute atomic E-state index is 0.0742. The highest BCUT2D eigenvalue weighted by atomic mass is 16.5. The lowest BCUT2D eigenvalue weighted by molar-refractivity contribution is -0.145. The first kappa shape index (κ1) is 27.0. The van der Waals surface area contributed by atoms with Crippen LogP contribution in [0.4, 0.5) is 11.4 Å². The van der Waals surface area contributed by atoms with Crippen LogP contribution in [0.5, 0.6) is 0 Å². The number of fused-ring (bicyclic) bond motifs is 1. The number of amides is 1. The van der Waals surface area contributed by atoms with Gasteiger partial charge in [-0.3, -0.25) is 4.79 Å². The fourth-order valence-corrected chi connectivity index (χ4v) is 5.49. The molecule has 0 radical (unpaired) electrons. The predicted octanol–water partition coefficient (Wildman–Crippen LogP) is 4.92. The average Bonchev–Trinajstić information content (AvgIpc) is 2.89. The van der Waals surface area contributed by atoms with Crippen molar-refractivity contribution in [1.82, 2.24) is 4.90 Å². The lowest BCUT2D eigenvalue weighted by Gasteiger charge is -2.42. The zero-order chi connectivity index (χ0) is 26.7. The number of ether oxygens (including phenoxy) is 2. The van der Waals surface area contributed by atoms with Crippen molar-refractivity contribution in [2.75, 3.05) is 50.2 Å². The third-order valence-electron chi connectivity index (χ3n) is 7.49. The quantitative estimate of drug-likeness (QED) is 0.537. The van der Waals surface area contributed by atoms with Crippen molar-refractivity contribution in [3.05, 3.63) is 59.2 Å². The Hall–Kier alpha value is -3.06. The first-order valence-corrected chi connectivity index (χ1v) is 13.3. The SMILES string of the molecule is COC(=O)C(C)N(CC(C)C)C(=O)c1ccc2c(c1)CC(C)(C)C(c1cccc(N3CCOCC3)c1)N2. The molecule has 2 unspecified atom stereocenters. The molecule has 200 valence electrons. The molecule has 0 aromatic heterocycles. The summed E-state index contributed by atoms with van der Waals surface area (Å²) in [5, 5.41) is 3.77. The molecular weight excluding hydrogens is 466 g/mol. The van der Waals surface area contributed by atoms with Gasteiger partial charge in [0, 0.05) is 36.6 Å². The maximum absolute atomic E-state index is 13.5. The molecule has 1 saturated heterocycles. The van der Waals surface area contributed by atoms with Crippen LogP contribution >= 0.6 is 0 Å². The number of anilines is 2. The van der Waals surface area contributed by atoms with Crippen LogP contribution in [0.25, 0.3) is 0 Å². The van der Waals surface area contributed by atoms with Crippen LogP contribution in [0.15, 0.2) is 42.5 Å². The summed E-state index contributed by atoms with van der Waals surface area (Å²) in [6.07, 6.45) is 0.833. The molecule has 0 spiro atoms. The summed E-state index contributed by atoms with van der Waals surface area (Å²) >= 11 is 0. The van der Waals surface area contributed by atoms with E-state index in [0.29, 0.717) is 12.1 Å². The molecule has 2 aromatic carbocycles. The Morgan fingerprint density at radius 2 is 1.86 bits per heavy atom. The summed E-state index contributed by atoms with van der Waals surface area (Å²) in [5.74, 6) is -0.326. The number of nitrogens with one attached hydrogen (secondary N) is 1. The Balaban J connectivity index is 1.59. The molecule has 0 aliphatic carbocycles. The highest BCUT2D eigenvalue weighted by molar-refractivity contribution is 5.97. The summed E-state index contributed by atoms with van der Waals surface area (Å²) in [5.41, 5.74) is 5.18. The minimum atomic E-state index is -0.645. The molecule has 2 aliphatic rings. The molecule has 2 aliphatic heterocycles. The summed E-state index contributed by atoms with van der Waals surface area (Å²) < 4.78 is 10.5. The largest absolute Gasteiger partial charge is 0.467 e. The summed E-state index contributed by atoms with van der Waals surface area (Å²) in [4.78, 5) is 29.8. The zero-order valence-corrected chi connectivity index (χ0v) is 23.0. The molecule has 1 amide bonds. The lowest BCUT2D eigenvalue weighted by Crippen LogP contribution is -2.45. The molecule has 1 N–H and O–H groups in total. The van der Waals surface area contributed by atoms with E-state index in [1.807, 2.05) is 32.0 Å². The van der Waals surface area contributed by atoms with Crippen LogP contribution in [-0.2, 0) is 20.7 Å². The van der Waals surface area contributed by atoms with Gasteiger partial charge in [0.25, 0.3) is 5.91 Å². The van der Waals surface area contributed by atoms with Crippen molar-refractivity contribution >= 4 is 23.3 Å². The Morgan fingerprint density at radius 3 is 2.54 bits per heavy atom. The predicted molar refractivity (Wildman–Crippen MR) is 147 cm³/mol. The van der Waals surface area contributed by atoms with Crippen molar-refractivity contribution < 1.29 is 19.1 Å². The molecular formula is C30H41N3O4. The van der Waals surface area contributed by atoms with Crippen LogP contribution in [0, 0.1) is 11.3 Å². The van der Waals surface area contributed by atoms with Crippen LogP contribution in [0.2, 0.25) is 0 Å². The number of esters is 1. The molecule has 2 heterocycles. The summed E-state index contributed by atoms with van der Waals surface area (Å²) in [7, 11) is 1.36. The van der Waals surface area contributed by atoms with Gasteiger partial charge in [0.1, 0.15) is 6.04 Å². The third kappa shape index (κ3) is 5.93. The Bertz CT molecular complexity index is 1120. The fourth-order valence-electron chi connectivity index (χ4n) is 5.49. The van der Waals surface area contributed by atoms with Crippen molar-refractivity contribution in [2.24, 2.45) is 11.3 Å². The van der Waals surface area contributed by atoms with Gasteiger partial charge in [0.2, 0.25) is 0 Å². The Kier molecular flexibility index (Phi) is 8.12. The minimum Gasteiger partial charge on any atom is -0.467 e. The monoisotopic (exact) mass is 507 g/mol. The molecule has 7 heteroatoms. The molecule has 2 atom stereocenters. The molecule has 37 heavy (non-hydrogen) atoms. The second-order valence-corrected chi connectivity index (χ2v) is 11.4. The Morgan fingerprint density at radius 1 is 1.14 bits per heavy atom. The van der Waals surface area contributed by atoms with Crippen LogP contribution in [0.3, 0.4) is 0 Å². The number of carbonyl (C=O) groups is 2. The van der Waals surface area contributed by atoms with Gasteiger partial charge >= 0.3 is 5.97 Å². The number of hydrogen-bond acceptors (Lipinski definition) is 6. The van der Waals surface area contributed by atoms with Crippen molar-refractivity contribution in [3.63, 3.8) is 0 Å². The van der Waals surface area contributed by atoms with Gasteiger partial charge in [-0.2, -0.15) is 0 Å². The van der Waals surface area contributed by atoms with E-state index < -0.39 is 12.0 Å². The van der Waals surface area contributed by atoms with Gasteiger partial charge < -0.3 is 24.6 Å². The standard InChI is InChI=1S/C30H41N3O4/c1-20(2)19-33(21(3)29(35)36-6)28(34)23-10-11-26-24(16-23)18-30(4,5)27(31-26)22-8-7-9-25(17-22)32-12-14-37-15-13-32/h7-11,16-17,20-21,27,31H,12-15,18-19H2,1-6H3. The number of rotatable bonds is 7. The number of benzene rings is 2. The highest BCUT2D eigenvalue weighted by Gasteiger charge is 2.37. The number of hydrogen-bond donors (Lipinski definition) is 1. The molecule has 1 fully saturated rings. The van der Waals surface area contributed by atoms with E-state index in [4.69, 9.17) is 9.47 Å². The van der Waals surface area contributed by atoms with E-state index in [1.165, 1.54) is 18.4 Å². The number of morpholine rings is 1. The molecule has 0 bridgehead atoms. The van der Waals surface area contributed by atoms with Crippen LogP contribution in [-0.4, -0.2) is 62.8 Å². The van der Waals surface area contributed by atoms with Gasteiger partial charge in [-0.25, -0.2) is 4.79 Å². The smallest absolute Gasteiger partial charge is 0.328 e. The van der Waals surface area contributed by atoms with Gasteiger partial charge in [0.15, 0.2) is 0 Å². The van der Waals surface area contributed by atoms with Crippen LogP contribution in [0.1, 0.15) is 62.1 Å². The lowest BCUT2D eigenvalue weighted by atomic mass is 9.72. The van der Waals surface area contributed by atoms with Crippen molar-refractivity contribution in [3.8, 4) is 0 Å². The van der Waals surface area contributed by atoms with Gasteiger partial charge in [-0.1, -0.05) is 39.8 Å². The Labute approximate surface area is 221 Å². The van der Waals surface area contributed by atoms with E-state index in [0.717, 1.165) is 44.0 Å². The maximum atomic E-state index is 13.5. The molecule has 2 aromatic rings. The first-order chi connectivity index (χ1) is 17.6. The third-order valence-corrected chi connectivity index (χ3v) is 7.49. The van der Waals surface area contributed by atoms with E-state index in [2.05, 4.69) is 48.3 Å². The normalized spacial score (nSPS) is 19.5. The summed E-state index contributed by atoms with van der Waals surface area (Å²) in [6.45, 7) is 14.2.